The first kappa shape index (κ1) is 7.59. The molecule has 0 bridgehead atoms. The van der Waals surface area contributed by atoms with Gasteiger partial charge in [-0.05, 0) is 6.42 Å². The number of nitrogen functional groups attached to an aromatic ring is 1. The van der Waals surface area contributed by atoms with Crippen LogP contribution in [0, 0.1) is 0 Å². The van der Waals surface area contributed by atoms with Crippen LogP contribution >= 0.6 is 0 Å². The lowest BCUT2D eigenvalue weighted by atomic mass is 10.2. The minimum absolute atomic E-state index is 0.125. The third kappa shape index (κ3) is 1.17. The highest BCUT2D eigenvalue weighted by molar-refractivity contribution is 5.90. The normalized spacial score (nSPS) is 9.91. The standard InChI is InChI=1S/C6H8N2O3/c1-2-3-4(7)5(6(9)10)11-8-3/h2,7H2,1H3,(H,9,10). The lowest BCUT2D eigenvalue weighted by Crippen LogP contribution is -1.99. The van der Waals surface area contributed by atoms with Crippen LogP contribution in [0.1, 0.15) is 23.2 Å². The van der Waals surface area contributed by atoms with Gasteiger partial charge in [-0.1, -0.05) is 12.1 Å². The molecule has 0 radical (unpaired) electrons. The Morgan fingerprint density at radius 3 is 2.73 bits per heavy atom. The maximum Gasteiger partial charge on any atom is 0.376 e. The first-order chi connectivity index (χ1) is 5.16. The second kappa shape index (κ2) is 2.61. The van der Waals surface area contributed by atoms with Crippen LogP contribution < -0.4 is 5.73 Å². The molecule has 0 aliphatic carbocycles. The van der Waals surface area contributed by atoms with E-state index in [1.807, 2.05) is 6.92 Å². The number of hydrogen-bond donors (Lipinski definition) is 2. The van der Waals surface area contributed by atoms with Crippen LogP contribution in [0.15, 0.2) is 4.52 Å². The summed E-state index contributed by atoms with van der Waals surface area (Å²) in [5.74, 6) is -1.46. The summed E-state index contributed by atoms with van der Waals surface area (Å²) in [5.41, 5.74) is 5.99. The summed E-state index contributed by atoms with van der Waals surface area (Å²) in [5, 5.41) is 11.9. The number of carboxylic acids is 1. The number of aromatic nitrogens is 1. The molecule has 1 rings (SSSR count). The quantitative estimate of drug-likeness (QED) is 0.651. The Labute approximate surface area is 62.8 Å². The summed E-state index contributed by atoms with van der Waals surface area (Å²) in [7, 11) is 0. The zero-order chi connectivity index (χ0) is 8.43. The average molecular weight is 156 g/mol. The van der Waals surface area contributed by atoms with Crippen LogP contribution in [0.3, 0.4) is 0 Å². The molecule has 0 aliphatic heterocycles. The topological polar surface area (TPSA) is 89.3 Å². The molecule has 1 aromatic heterocycles. The number of nitrogens with two attached hydrogens (primary N) is 1. The zero-order valence-corrected chi connectivity index (χ0v) is 6.00. The molecule has 0 saturated carbocycles. The molecular formula is C6H8N2O3. The van der Waals surface area contributed by atoms with E-state index < -0.39 is 5.97 Å². The largest absolute Gasteiger partial charge is 0.475 e. The number of aryl methyl sites for hydroxylation is 1. The van der Waals surface area contributed by atoms with Crippen LogP contribution in [0.4, 0.5) is 5.69 Å². The molecule has 3 N–H and O–H groups in total. The predicted molar refractivity (Wildman–Crippen MR) is 37.3 cm³/mol. The fraction of sp³-hybridized carbons (Fsp3) is 0.333. The van der Waals surface area contributed by atoms with Crippen LogP contribution in [0.5, 0.6) is 0 Å². The van der Waals surface area contributed by atoms with Crippen molar-refractivity contribution in [1.29, 1.82) is 0 Å². The summed E-state index contributed by atoms with van der Waals surface area (Å²) in [6.45, 7) is 1.82. The number of hydrogen-bond acceptors (Lipinski definition) is 4. The molecule has 60 valence electrons. The Hall–Kier alpha value is -1.52. The molecule has 0 unspecified atom stereocenters. The first-order valence-corrected chi connectivity index (χ1v) is 3.14. The van der Waals surface area contributed by atoms with Crippen molar-refractivity contribution in [1.82, 2.24) is 5.16 Å². The van der Waals surface area contributed by atoms with Crippen LogP contribution in [0.2, 0.25) is 0 Å². The van der Waals surface area contributed by atoms with Gasteiger partial charge in [-0.2, -0.15) is 0 Å². The SMILES string of the molecule is CCc1noc(C(=O)O)c1N. The molecule has 0 amide bonds. The van der Waals surface area contributed by atoms with Gasteiger partial charge < -0.3 is 15.4 Å². The molecule has 0 saturated heterocycles. The van der Waals surface area contributed by atoms with E-state index >= 15 is 0 Å². The van der Waals surface area contributed by atoms with Gasteiger partial charge >= 0.3 is 5.97 Å². The summed E-state index contributed by atoms with van der Waals surface area (Å²) in [4.78, 5) is 10.3. The molecule has 0 fully saturated rings. The van der Waals surface area contributed by atoms with E-state index in [2.05, 4.69) is 9.68 Å². The van der Waals surface area contributed by atoms with E-state index in [1.165, 1.54) is 0 Å². The average Bonchev–Trinajstić information content (AvgIpc) is 2.30. The molecule has 0 atom stereocenters. The Bertz CT molecular complexity index is 279. The molecule has 0 spiro atoms. The number of aromatic carboxylic acids is 1. The molecule has 0 aromatic carbocycles. The molecule has 1 heterocycles. The highest BCUT2D eigenvalue weighted by Gasteiger charge is 2.17. The Kier molecular flexibility index (Phi) is 1.80. The van der Waals surface area contributed by atoms with E-state index in [1.54, 1.807) is 0 Å². The van der Waals surface area contributed by atoms with Crippen molar-refractivity contribution in [2.45, 2.75) is 13.3 Å². The first-order valence-electron chi connectivity index (χ1n) is 3.14. The monoisotopic (exact) mass is 156 g/mol. The van der Waals surface area contributed by atoms with Crippen molar-refractivity contribution in [3.63, 3.8) is 0 Å². The van der Waals surface area contributed by atoms with Gasteiger partial charge in [-0.15, -0.1) is 0 Å². The van der Waals surface area contributed by atoms with Gasteiger partial charge in [-0.25, -0.2) is 4.79 Å². The van der Waals surface area contributed by atoms with Gasteiger partial charge in [0.25, 0.3) is 5.76 Å². The molecule has 0 aliphatic rings. The number of anilines is 1. The van der Waals surface area contributed by atoms with Crippen molar-refractivity contribution < 1.29 is 14.4 Å². The van der Waals surface area contributed by atoms with Gasteiger partial charge in [0.2, 0.25) is 0 Å². The lowest BCUT2D eigenvalue weighted by molar-refractivity contribution is 0.0653. The van der Waals surface area contributed by atoms with Crippen molar-refractivity contribution in [2.75, 3.05) is 5.73 Å². The summed E-state index contributed by atoms with van der Waals surface area (Å²) in [6.07, 6.45) is 0.572. The third-order valence-electron chi connectivity index (χ3n) is 1.33. The summed E-state index contributed by atoms with van der Waals surface area (Å²) in [6, 6.07) is 0. The predicted octanol–water partition coefficient (Wildman–Crippen LogP) is 0.517. The van der Waals surface area contributed by atoms with E-state index in [9.17, 15) is 4.79 Å². The van der Waals surface area contributed by atoms with E-state index in [4.69, 9.17) is 10.8 Å². The fourth-order valence-electron chi connectivity index (χ4n) is 0.739. The zero-order valence-electron chi connectivity index (χ0n) is 6.00. The highest BCUT2D eigenvalue weighted by Crippen LogP contribution is 2.16. The minimum Gasteiger partial charge on any atom is -0.475 e. The number of nitrogens with zero attached hydrogens (tertiary/aromatic N) is 1. The third-order valence-corrected chi connectivity index (χ3v) is 1.33. The molecule has 5 nitrogen and oxygen atoms in total. The Morgan fingerprint density at radius 2 is 2.45 bits per heavy atom. The fourth-order valence-corrected chi connectivity index (χ4v) is 0.739. The molecule has 1 aromatic rings. The van der Waals surface area contributed by atoms with Crippen LogP contribution in [-0.2, 0) is 6.42 Å². The number of carbonyl (C=O) groups is 1. The number of carboxylic acid groups (broad SMARTS) is 1. The van der Waals surface area contributed by atoms with Crippen LogP contribution in [-0.4, -0.2) is 16.2 Å². The molecule has 5 heteroatoms. The van der Waals surface area contributed by atoms with Crippen molar-refractivity contribution in [3.8, 4) is 0 Å². The highest BCUT2D eigenvalue weighted by atomic mass is 16.5. The van der Waals surface area contributed by atoms with E-state index in [0.29, 0.717) is 12.1 Å². The maximum atomic E-state index is 10.3. The Morgan fingerprint density at radius 1 is 1.82 bits per heavy atom. The lowest BCUT2D eigenvalue weighted by Gasteiger charge is -1.88. The Balaban J connectivity index is 3.10. The maximum absolute atomic E-state index is 10.3. The second-order valence-corrected chi connectivity index (χ2v) is 2.03. The minimum atomic E-state index is -1.19. The van der Waals surface area contributed by atoms with E-state index in [-0.39, 0.29) is 11.4 Å². The van der Waals surface area contributed by atoms with Gasteiger partial charge in [-0.3, -0.25) is 0 Å². The van der Waals surface area contributed by atoms with Crippen LogP contribution in [0.25, 0.3) is 0 Å². The van der Waals surface area contributed by atoms with Crippen molar-refractivity contribution >= 4 is 11.7 Å². The molecular weight excluding hydrogens is 148 g/mol. The number of rotatable bonds is 2. The summed E-state index contributed by atoms with van der Waals surface area (Å²) >= 11 is 0. The summed E-state index contributed by atoms with van der Waals surface area (Å²) < 4.78 is 4.47. The van der Waals surface area contributed by atoms with Gasteiger partial charge in [0.15, 0.2) is 0 Å². The van der Waals surface area contributed by atoms with Crippen molar-refractivity contribution in [2.24, 2.45) is 0 Å². The van der Waals surface area contributed by atoms with Gasteiger partial charge in [0, 0.05) is 0 Å². The van der Waals surface area contributed by atoms with Crippen molar-refractivity contribution in [3.05, 3.63) is 11.5 Å². The van der Waals surface area contributed by atoms with Gasteiger partial charge in [0.05, 0.1) is 0 Å². The second-order valence-electron chi connectivity index (χ2n) is 2.03. The van der Waals surface area contributed by atoms with Gasteiger partial charge in [0.1, 0.15) is 11.4 Å². The van der Waals surface area contributed by atoms with E-state index in [0.717, 1.165) is 0 Å². The molecule has 11 heavy (non-hydrogen) atoms. The smallest absolute Gasteiger partial charge is 0.376 e.